The summed E-state index contributed by atoms with van der Waals surface area (Å²) in [5, 5.41) is 4.60. The molecule has 1 aliphatic carbocycles. The molecule has 5 rings (SSSR count). The molecule has 162 valence electrons. The van der Waals surface area contributed by atoms with E-state index < -0.39 is 5.82 Å². The number of carbonyl (C=O) groups excluding carboxylic acids is 1. The van der Waals surface area contributed by atoms with Crippen molar-refractivity contribution < 1.29 is 9.18 Å². The van der Waals surface area contributed by atoms with Gasteiger partial charge in [-0.25, -0.2) is 14.4 Å². The Bertz CT molecular complexity index is 1080. The van der Waals surface area contributed by atoms with Gasteiger partial charge in [-0.2, -0.15) is 0 Å². The lowest BCUT2D eigenvalue weighted by molar-refractivity contribution is -0.121. The maximum atomic E-state index is 13.7. The molecule has 2 aromatic heterocycles. The van der Waals surface area contributed by atoms with Crippen LogP contribution in [0.25, 0.3) is 11.0 Å². The van der Waals surface area contributed by atoms with Crippen molar-refractivity contribution in [2.75, 3.05) is 23.3 Å². The van der Waals surface area contributed by atoms with Crippen LogP contribution in [0.2, 0.25) is 5.02 Å². The Morgan fingerprint density at radius 1 is 1.29 bits per heavy atom. The number of nitrogens with zero attached hydrogens (tertiary/aromatic N) is 3. The molecule has 2 aliphatic rings. The lowest BCUT2D eigenvalue weighted by Gasteiger charge is -2.34. The smallest absolute Gasteiger partial charge is 0.155 e. The van der Waals surface area contributed by atoms with E-state index in [0.717, 1.165) is 55.6 Å². The minimum absolute atomic E-state index is 0.198. The van der Waals surface area contributed by atoms with E-state index in [-0.39, 0.29) is 17.7 Å². The molecule has 8 heteroatoms. The molecule has 31 heavy (non-hydrogen) atoms. The van der Waals surface area contributed by atoms with Gasteiger partial charge in [0.25, 0.3) is 0 Å². The third-order valence-corrected chi connectivity index (χ3v) is 6.48. The number of rotatable bonds is 7. The molecular weight excluding hydrogens is 417 g/mol. The predicted molar refractivity (Wildman–Crippen MR) is 120 cm³/mol. The molecule has 0 radical (unpaired) electrons. The lowest BCUT2D eigenvalue weighted by Crippen LogP contribution is -2.39. The normalized spacial score (nSPS) is 20.1. The Labute approximate surface area is 185 Å². The molecule has 0 spiro atoms. The van der Waals surface area contributed by atoms with E-state index in [1.165, 1.54) is 12.1 Å². The highest BCUT2D eigenvalue weighted by Gasteiger charge is 2.37. The Balaban J connectivity index is 1.28. The summed E-state index contributed by atoms with van der Waals surface area (Å²) in [5.41, 5.74) is 1.39. The topological polar surface area (TPSA) is 73.9 Å². The quantitative estimate of drug-likeness (QED) is 0.550. The number of aromatic amines is 1. The summed E-state index contributed by atoms with van der Waals surface area (Å²) in [6.07, 6.45) is 8.06. The van der Waals surface area contributed by atoms with Gasteiger partial charge in [-0.3, -0.25) is 4.79 Å². The van der Waals surface area contributed by atoms with Gasteiger partial charge in [0, 0.05) is 36.4 Å². The minimum atomic E-state index is -0.402. The summed E-state index contributed by atoms with van der Waals surface area (Å²) >= 11 is 5.99. The molecule has 2 N–H and O–H groups in total. The van der Waals surface area contributed by atoms with Crippen LogP contribution in [0.4, 0.5) is 15.9 Å². The molecule has 1 saturated carbocycles. The average Bonchev–Trinajstić information content (AvgIpc) is 3.46. The number of benzene rings is 1. The summed E-state index contributed by atoms with van der Waals surface area (Å²) < 4.78 is 13.7. The number of hydrogen-bond acceptors (Lipinski definition) is 5. The van der Waals surface area contributed by atoms with Crippen LogP contribution >= 0.6 is 11.6 Å². The molecule has 0 bridgehead atoms. The van der Waals surface area contributed by atoms with Crippen LogP contribution in [0.3, 0.4) is 0 Å². The number of Topliss-reactive ketones (excluding diaryl/α,β-unsaturated/α-hetero) is 1. The zero-order valence-electron chi connectivity index (χ0n) is 17.2. The number of aromatic nitrogens is 3. The van der Waals surface area contributed by atoms with E-state index in [1.54, 1.807) is 12.4 Å². The largest absolute Gasteiger partial charge is 0.375 e. The van der Waals surface area contributed by atoms with E-state index >= 15 is 0 Å². The van der Waals surface area contributed by atoms with Crippen LogP contribution in [0.15, 0.2) is 36.8 Å². The highest BCUT2D eigenvalue weighted by molar-refractivity contribution is 6.30. The van der Waals surface area contributed by atoms with Gasteiger partial charge in [0.05, 0.1) is 11.4 Å². The van der Waals surface area contributed by atoms with Crippen molar-refractivity contribution in [3.05, 3.63) is 47.6 Å². The first-order chi connectivity index (χ1) is 15.1. The van der Waals surface area contributed by atoms with Gasteiger partial charge in [0.1, 0.15) is 23.6 Å². The zero-order chi connectivity index (χ0) is 21.4. The Hall–Kier alpha value is -2.67. The second-order valence-electron chi connectivity index (χ2n) is 8.68. The van der Waals surface area contributed by atoms with Gasteiger partial charge in [-0.05, 0) is 61.8 Å². The minimum Gasteiger partial charge on any atom is -0.375 e. The van der Waals surface area contributed by atoms with Crippen molar-refractivity contribution in [3.63, 3.8) is 0 Å². The molecular formula is C23H25ClFN5O. The Morgan fingerprint density at radius 3 is 2.97 bits per heavy atom. The van der Waals surface area contributed by atoms with E-state index in [9.17, 15) is 9.18 Å². The van der Waals surface area contributed by atoms with Gasteiger partial charge < -0.3 is 15.2 Å². The molecule has 3 aromatic rings. The SMILES string of the molecule is O=C(C[C@@H]1CCCN(c2ncnc3[nH]ccc23)C1)[C@@H](Nc1cc(F)cc(Cl)c1)C1CC1. The van der Waals surface area contributed by atoms with E-state index in [0.29, 0.717) is 23.0 Å². The van der Waals surface area contributed by atoms with E-state index in [2.05, 4.69) is 25.2 Å². The summed E-state index contributed by atoms with van der Waals surface area (Å²) in [4.78, 5) is 27.4. The monoisotopic (exact) mass is 441 g/mol. The van der Waals surface area contributed by atoms with Gasteiger partial charge in [0.15, 0.2) is 5.78 Å². The molecule has 0 amide bonds. The van der Waals surface area contributed by atoms with Gasteiger partial charge >= 0.3 is 0 Å². The van der Waals surface area contributed by atoms with Crippen molar-refractivity contribution in [2.45, 2.75) is 38.1 Å². The second-order valence-corrected chi connectivity index (χ2v) is 9.12. The molecule has 2 fully saturated rings. The first-order valence-electron chi connectivity index (χ1n) is 10.8. The summed E-state index contributed by atoms with van der Waals surface area (Å²) in [5.74, 6) is 1.31. The highest BCUT2D eigenvalue weighted by Crippen LogP contribution is 2.37. The molecule has 1 aliphatic heterocycles. The molecule has 0 unspecified atom stereocenters. The van der Waals surface area contributed by atoms with Crippen LogP contribution in [-0.4, -0.2) is 39.9 Å². The first-order valence-corrected chi connectivity index (χ1v) is 11.2. The fraction of sp³-hybridized carbons (Fsp3) is 0.435. The van der Waals surface area contributed by atoms with E-state index in [1.807, 2.05) is 12.3 Å². The summed E-state index contributed by atoms with van der Waals surface area (Å²) in [7, 11) is 0. The molecule has 2 atom stereocenters. The maximum absolute atomic E-state index is 13.7. The standard InChI is InChI=1S/C23H25ClFN5O/c24-16-9-17(25)11-18(10-16)29-21(15-3-4-15)20(31)8-14-2-1-7-30(12-14)23-19-5-6-26-22(19)27-13-28-23/h5-6,9-11,13-15,21,29H,1-4,7-8,12H2,(H,26,27,28)/t14-,21-/m0/s1. The first kappa shape index (κ1) is 20.2. The van der Waals surface area contributed by atoms with Crippen LogP contribution in [-0.2, 0) is 4.79 Å². The molecule has 3 heterocycles. The number of piperidine rings is 1. The highest BCUT2D eigenvalue weighted by atomic mass is 35.5. The average molecular weight is 442 g/mol. The summed E-state index contributed by atoms with van der Waals surface area (Å²) in [6.45, 7) is 1.72. The van der Waals surface area contributed by atoms with Crippen LogP contribution in [0.5, 0.6) is 0 Å². The number of carbonyl (C=O) groups is 1. The van der Waals surface area contributed by atoms with Crippen LogP contribution in [0, 0.1) is 17.7 Å². The summed E-state index contributed by atoms with van der Waals surface area (Å²) in [6, 6.07) is 6.05. The number of fused-ring (bicyclic) bond motifs is 1. The number of anilines is 2. The molecule has 1 aromatic carbocycles. The van der Waals surface area contributed by atoms with Crippen molar-refractivity contribution >= 4 is 39.9 Å². The number of H-pyrrole nitrogens is 1. The van der Waals surface area contributed by atoms with Crippen molar-refractivity contribution in [1.82, 2.24) is 15.0 Å². The third-order valence-electron chi connectivity index (χ3n) is 6.27. The van der Waals surface area contributed by atoms with Crippen molar-refractivity contribution in [3.8, 4) is 0 Å². The fourth-order valence-electron chi connectivity index (χ4n) is 4.65. The maximum Gasteiger partial charge on any atom is 0.155 e. The number of nitrogens with one attached hydrogen (secondary N) is 2. The zero-order valence-corrected chi connectivity index (χ0v) is 17.9. The van der Waals surface area contributed by atoms with Crippen LogP contribution in [0.1, 0.15) is 32.1 Å². The lowest BCUT2D eigenvalue weighted by atomic mass is 9.89. The van der Waals surface area contributed by atoms with Crippen LogP contribution < -0.4 is 10.2 Å². The van der Waals surface area contributed by atoms with Gasteiger partial charge in [-0.1, -0.05) is 11.6 Å². The molecule has 1 saturated heterocycles. The fourth-order valence-corrected chi connectivity index (χ4v) is 4.88. The Kier molecular flexibility index (Phi) is 5.52. The number of ketones is 1. The number of halogens is 2. The Morgan fingerprint density at radius 2 is 2.16 bits per heavy atom. The predicted octanol–water partition coefficient (Wildman–Crippen LogP) is 4.82. The third kappa shape index (κ3) is 4.51. The van der Waals surface area contributed by atoms with Crippen molar-refractivity contribution in [2.24, 2.45) is 11.8 Å². The second kappa shape index (κ2) is 8.46. The van der Waals surface area contributed by atoms with E-state index in [4.69, 9.17) is 11.6 Å². The van der Waals surface area contributed by atoms with Gasteiger partial charge in [-0.15, -0.1) is 0 Å². The van der Waals surface area contributed by atoms with Gasteiger partial charge in [0.2, 0.25) is 0 Å². The molecule has 6 nitrogen and oxygen atoms in total. The van der Waals surface area contributed by atoms with Crippen molar-refractivity contribution in [1.29, 1.82) is 0 Å². The number of hydrogen-bond donors (Lipinski definition) is 2.